The Bertz CT molecular complexity index is 376. The number of nitrogens with zero attached hydrogens (tertiary/aromatic N) is 1. The first-order valence-corrected chi connectivity index (χ1v) is 6.23. The van der Waals surface area contributed by atoms with Crippen LogP contribution in [-0.2, 0) is 0 Å². The van der Waals surface area contributed by atoms with Crippen molar-refractivity contribution in [3.8, 4) is 0 Å². The molecule has 1 aromatic heterocycles. The van der Waals surface area contributed by atoms with Crippen LogP contribution in [0.3, 0.4) is 0 Å². The van der Waals surface area contributed by atoms with Gasteiger partial charge in [-0.15, -0.1) is 0 Å². The maximum Gasteiger partial charge on any atom is 0.131 e. The Balaban J connectivity index is 2.06. The van der Waals surface area contributed by atoms with Gasteiger partial charge in [-0.1, -0.05) is 38.4 Å². The largest absolute Gasteiger partial charge is 0.367 e. The molecule has 2 atom stereocenters. The van der Waals surface area contributed by atoms with E-state index in [9.17, 15) is 0 Å². The summed E-state index contributed by atoms with van der Waals surface area (Å²) >= 11 is 5.87. The molecular weight excluding hydrogens is 220 g/mol. The SMILES string of the molecule is CC1CC(C)(C)CC1Nc1cccc(Cl)n1. The summed E-state index contributed by atoms with van der Waals surface area (Å²) in [6.07, 6.45) is 2.47. The van der Waals surface area contributed by atoms with Crippen LogP contribution in [0.4, 0.5) is 5.82 Å². The van der Waals surface area contributed by atoms with Crippen LogP contribution >= 0.6 is 11.6 Å². The lowest BCUT2D eigenvalue weighted by Crippen LogP contribution is -2.23. The zero-order valence-corrected chi connectivity index (χ0v) is 10.9. The van der Waals surface area contributed by atoms with E-state index in [1.54, 1.807) is 6.07 Å². The molecule has 1 fully saturated rings. The number of nitrogens with one attached hydrogen (secondary N) is 1. The van der Waals surface area contributed by atoms with Gasteiger partial charge in [0.15, 0.2) is 0 Å². The molecule has 0 amide bonds. The standard InChI is InChI=1S/C13H19ClN2/c1-9-7-13(2,3)8-10(9)15-12-6-4-5-11(14)16-12/h4-6,9-10H,7-8H2,1-3H3,(H,15,16). The minimum Gasteiger partial charge on any atom is -0.367 e. The highest BCUT2D eigenvalue weighted by atomic mass is 35.5. The van der Waals surface area contributed by atoms with Crippen molar-refractivity contribution in [3.05, 3.63) is 23.4 Å². The zero-order chi connectivity index (χ0) is 11.8. The molecule has 0 bridgehead atoms. The lowest BCUT2D eigenvalue weighted by Gasteiger charge is -2.19. The number of rotatable bonds is 2. The van der Waals surface area contributed by atoms with Crippen LogP contribution in [0.2, 0.25) is 5.15 Å². The van der Waals surface area contributed by atoms with Gasteiger partial charge in [-0.25, -0.2) is 4.98 Å². The molecule has 0 radical (unpaired) electrons. The van der Waals surface area contributed by atoms with E-state index in [0.717, 1.165) is 5.82 Å². The fraction of sp³-hybridized carbons (Fsp3) is 0.615. The number of hydrogen-bond donors (Lipinski definition) is 1. The van der Waals surface area contributed by atoms with Crippen molar-refractivity contribution in [2.45, 2.75) is 39.7 Å². The summed E-state index contributed by atoms with van der Waals surface area (Å²) in [4.78, 5) is 4.27. The van der Waals surface area contributed by atoms with Gasteiger partial charge in [0.1, 0.15) is 11.0 Å². The van der Waals surface area contributed by atoms with Crippen LogP contribution in [0.5, 0.6) is 0 Å². The van der Waals surface area contributed by atoms with Gasteiger partial charge in [-0.05, 0) is 36.3 Å². The Kier molecular flexibility index (Phi) is 3.11. The second kappa shape index (κ2) is 4.25. The first-order valence-electron chi connectivity index (χ1n) is 5.85. The van der Waals surface area contributed by atoms with E-state index < -0.39 is 0 Å². The number of hydrogen-bond acceptors (Lipinski definition) is 2. The van der Waals surface area contributed by atoms with Gasteiger partial charge in [-0.2, -0.15) is 0 Å². The van der Waals surface area contributed by atoms with Crippen molar-refractivity contribution in [3.63, 3.8) is 0 Å². The van der Waals surface area contributed by atoms with Gasteiger partial charge >= 0.3 is 0 Å². The zero-order valence-electron chi connectivity index (χ0n) is 10.1. The van der Waals surface area contributed by atoms with Crippen LogP contribution in [0.15, 0.2) is 18.2 Å². The summed E-state index contributed by atoms with van der Waals surface area (Å²) in [7, 11) is 0. The molecule has 2 unspecified atom stereocenters. The lowest BCUT2D eigenvalue weighted by molar-refractivity contribution is 0.366. The molecule has 0 spiro atoms. The fourth-order valence-electron chi connectivity index (χ4n) is 2.77. The molecule has 1 aromatic rings. The van der Waals surface area contributed by atoms with Crippen molar-refractivity contribution >= 4 is 17.4 Å². The van der Waals surface area contributed by atoms with Crippen molar-refractivity contribution in [1.82, 2.24) is 4.98 Å². The summed E-state index contributed by atoms with van der Waals surface area (Å²) in [5.74, 6) is 1.58. The molecule has 0 aromatic carbocycles. The minimum atomic E-state index is 0.440. The number of pyridine rings is 1. The van der Waals surface area contributed by atoms with Crippen LogP contribution in [0.1, 0.15) is 33.6 Å². The highest BCUT2D eigenvalue weighted by Crippen LogP contribution is 2.41. The van der Waals surface area contributed by atoms with Crippen LogP contribution in [0, 0.1) is 11.3 Å². The van der Waals surface area contributed by atoms with Gasteiger partial charge in [-0.3, -0.25) is 0 Å². The first kappa shape index (κ1) is 11.7. The monoisotopic (exact) mass is 238 g/mol. The predicted molar refractivity (Wildman–Crippen MR) is 68.8 cm³/mol. The second-order valence-corrected chi connectivity index (χ2v) is 6.03. The van der Waals surface area contributed by atoms with E-state index in [2.05, 4.69) is 31.1 Å². The minimum absolute atomic E-state index is 0.440. The third kappa shape index (κ3) is 2.67. The fourth-order valence-corrected chi connectivity index (χ4v) is 2.93. The molecule has 3 heteroatoms. The van der Waals surface area contributed by atoms with Crippen molar-refractivity contribution in [2.24, 2.45) is 11.3 Å². The Morgan fingerprint density at radius 1 is 1.38 bits per heavy atom. The average Bonchev–Trinajstić information content (AvgIpc) is 2.39. The molecule has 2 nitrogen and oxygen atoms in total. The van der Waals surface area contributed by atoms with E-state index >= 15 is 0 Å². The molecule has 88 valence electrons. The molecule has 2 rings (SSSR count). The number of aromatic nitrogens is 1. The Morgan fingerprint density at radius 3 is 2.69 bits per heavy atom. The predicted octanol–water partition coefficient (Wildman–Crippen LogP) is 3.97. The molecule has 1 N–H and O–H groups in total. The molecule has 1 heterocycles. The Labute approximate surface area is 102 Å². The molecular formula is C13H19ClN2. The second-order valence-electron chi connectivity index (χ2n) is 5.65. The number of halogens is 1. The van der Waals surface area contributed by atoms with Crippen molar-refractivity contribution in [2.75, 3.05) is 5.32 Å². The smallest absolute Gasteiger partial charge is 0.131 e. The first-order chi connectivity index (χ1) is 7.46. The molecule has 0 aliphatic heterocycles. The molecule has 0 saturated heterocycles. The van der Waals surface area contributed by atoms with E-state index in [4.69, 9.17) is 11.6 Å². The maximum absolute atomic E-state index is 5.87. The van der Waals surface area contributed by atoms with Gasteiger partial charge in [0.2, 0.25) is 0 Å². The highest BCUT2D eigenvalue weighted by molar-refractivity contribution is 6.29. The summed E-state index contributed by atoms with van der Waals surface area (Å²) in [6.45, 7) is 6.96. The van der Waals surface area contributed by atoms with Gasteiger partial charge in [0.25, 0.3) is 0 Å². The molecule has 16 heavy (non-hydrogen) atoms. The van der Waals surface area contributed by atoms with Crippen LogP contribution < -0.4 is 5.32 Å². The van der Waals surface area contributed by atoms with E-state index in [1.165, 1.54) is 12.8 Å². The number of anilines is 1. The van der Waals surface area contributed by atoms with Gasteiger partial charge in [0, 0.05) is 6.04 Å². The summed E-state index contributed by atoms with van der Waals surface area (Å²) < 4.78 is 0. The maximum atomic E-state index is 5.87. The van der Waals surface area contributed by atoms with Crippen LogP contribution in [-0.4, -0.2) is 11.0 Å². The molecule has 1 aliphatic carbocycles. The summed E-state index contributed by atoms with van der Waals surface area (Å²) in [6, 6.07) is 6.22. The van der Waals surface area contributed by atoms with E-state index in [-0.39, 0.29) is 0 Å². The summed E-state index contributed by atoms with van der Waals surface area (Å²) in [5.41, 5.74) is 0.440. The normalized spacial score (nSPS) is 28.0. The Morgan fingerprint density at radius 2 is 2.12 bits per heavy atom. The van der Waals surface area contributed by atoms with E-state index in [1.807, 2.05) is 12.1 Å². The van der Waals surface area contributed by atoms with Crippen molar-refractivity contribution < 1.29 is 0 Å². The third-order valence-electron chi connectivity index (χ3n) is 3.38. The van der Waals surface area contributed by atoms with Gasteiger partial charge in [0.05, 0.1) is 0 Å². The molecule has 1 aliphatic rings. The Hall–Kier alpha value is -0.760. The topological polar surface area (TPSA) is 24.9 Å². The van der Waals surface area contributed by atoms with E-state index in [0.29, 0.717) is 22.5 Å². The third-order valence-corrected chi connectivity index (χ3v) is 3.59. The quantitative estimate of drug-likeness (QED) is 0.789. The van der Waals surface area contributed by atoms with Gasteiger partial charge < -0.3 is 5.32 Å². The average molecular weight is 239 g/mol. The lowest BCUT2D eigenvalue weighted by atomic mass is 9.91. The highest BCUT2D eigenvalue weighted by Gasteiger charge is 2.36. The van der Waals surface area contributed by atoms with Crippen LogP contribution in [0.25, 0.3) is 0 Å². The summed E-state index contributed by atoms with van der Waals surface area (Å²) in [5, 5.41) is 4.04. The van der Waals surface area contributed by atoms with Crippen molar-refractivity contribution in [1.29, 1.82) is 0 Å². The molecule has 1 saturated carbocycles.